The standard InChI is InChI=1S/C21H19F3N2O2S/c22-21(23,24)14-4-12(20-6-9-1-10(7-20)3-11(2-9)8-20)16-17-18(29-19(16)25-14)13(27)5-15(28)26-17/h4-5,9-11H,1-3,6-8H2,(H2,26,27,28). The second kappa shape index (κ2) is 5.53. The number of H-pyrrole nitrogens is 1. The second-order valence-electron chi connectivity index (χ2n) is 9.26. The summed E-state index contributed by atoms with van der Waals surface area (Å²) < 4.78 is 41.5. The van der Waals surface area contributed by atoms with Crippen LogP contribution in [0.1, 0.15) is 49.8 Å². The van der Waals surface area contributed by atoms with Gasteiger partial charge in [-0.2, -0.15) is 13.2 Å². The van der Waals surface area contributed by atoms with E-state index in [0.717, 1.165) is 36.7 Å². The molecule has 0 radical (unpaired) electrons. The molecule has 152 valence electrons. The van der Waals surface area contributed by atoms with E-state index in [9.17, 15) is 23.1 Å². The zero-order valence-electron chi connectivity index (χ0n) is 15.5. The minimum atomic E-state index is -4.54. The van der Waals surface area contributed by atoms with E-state index in [1.165, 1.54) is 25.3 Å². The van der Waals surface area contributed by atoms with Gasteiger partial charge in [-0.15, -0.1) is 11.3 Å². The highest BCUT2D eigenvalue weighted by molar-refractivity contribution is 7.25. The average molecular weight is 420 g/mol. The molecule has 4 nitrogen and oxygen atoms in total. The Morgan fingerprint density at radius 2 is 1.72 bits per heavy atom. The summed E-state index contributed by atoms with van der Waals surface area (Å²) in [6.07, 6.45) is 1.70. The Morgan fingerprint density at radius 3 is 2.31 bits per heavy atom. The molecule has 8 heteroatoms. The first kappa shape index (κ1) is 17.7. The van der Waals surface area contributed by atoms with Crippen molar-refractivity contribution >= 4 is 31.8 Å². The summed E-state index contributed by atoms with van der Waals surface area (Å²) in [5.74, 6) is 1.49. The number of aromatic hydroxyl groups is 1. The lowest BCUT2D eigenvalue weighted by Gasteiger charge is -2.57. The average Bonchev–Trinajstić information content (AvgIpc) is 2.98. The maximum atomic E-state index is 13.7. The lowest BCUT2D eigenvalue weighted by molar-refractivity contribution is -0.141. The molecular weight excluding hydrogens is 401 g/mol. The van der Waals surface area contributed by atoms with Crippen LogP contribution in [-0.4, -0.2) is 15.1 Å². The van der Waals surface area contributed by atoms with E-state index in [1.54, 1.807) is 0 Å². The van der Waals surface area contributed by atoms with E-state index in [-0.39, 0.29) is 16.0 Å². The number of thiophene rings is 1. The molecule has 4 fully saturated rings. The number of alkyl halides is 3. The van der Waals surface area contributed by atoms with Crippen molar-refractivity contribution in [2.75, 3.05) is 0 Å². The Labute approximate surface area is 167 Å². The summed E-state index contributed by atoms with van der Waals surface area (Å²) in [6.45, 7) is 0. The molecule has 3 heterocycles. The molecule has 4 saturated carbocycles. The molecule has 0 saturated heterocycles. The largest absolute Gasteiger partial charge is 0.506 e. The normalized spacial score (nSPS) is 31.2. The molecule has 4 aliphatic carbocycles. The molecule has 2 N–H and O–H groups in total. The molecule has 0 amide bonds. The van der Waals surface area contributed by atoms with Crippen LogP contribution in [0, 0.1) is 17.8 Å². The van der Waals surface area contributed by atoms with Gasteiger partial charge in [-0.05, 0) is 73.3 Å². The predicted molar refractivity (Wildman–Crippen MR) is 104 cm³/mol. The fourth-order valence-electron chi connectivity index (χ4n) is 6.75. The number of nitrogens with one attached hydrogen (secondary N) is 1. The van der Waals surface area contributed by atoms with Gasteiger partial charge in [0.1, 0.15) is 16.3 Å². The topological polar surface area (TPSA) is 66.0 Å². The van der Waals surface area contributed by atoms with Gasteiger partial charge >= 0.3 is 6.18 Å². The van der Waals surface area contributed by atoms with Gasteiger partial charge in [0, 0.05) is 11.5 Å². The summed E-state index contributed by atoms with van der Waals surface area (Å²) in [7, 11) is 0. The van der Waals surface area contributed by atoms with Gasteiger partial charge in [0.15, 0.2) is 0 Å². The third-order valence-corrected chi connectivity index (χ3v) is 8.42. The molecule has 0 unspecified atom stereocenters. The van der Waals surface area contributed by atoms with Crippen molar-refractivity contribution in [1.82, 2.24) is 9.97 Å². The van der Waals surface area contributed by atoms with Crippen LogP contribution in [0.15, 0.2) is 16.9 Å². The number of aromatic nitrogens is 2. The van der Waals surface area contributed by atoms with E-state index < -0.39 is 17.4 Å². The van der Waals surface area contributed by atoms with Crippen LogP contribution in [0.25, 0.3) is 20.4 Å². The maximum Gasteiger partial charge on any atom is 0.433 e. The minimum absolute atomic E-state index is 0.211. The molecule has 3 aromatic heterocycles. The highest BCUT2D eigenvalue weighted by Crippen LogP contribution is 2.62. The van der Waals surface area contributed by atoms with Crippen LogP contribution in [0.5, 0.6) is 5.75 Å². The molecule has 7 rings (SSSR count). The number of aromatic amines is 1. The number of nitrogens with zero attached hydrogens (tertiary/aromatic N) is 1. The Kier molecular flexibility index (Phi) is 3.38. The number of pyridine rings is 2. The number of hydrogen-bond donors (Lipinski definition) is 2. The van der Waals surface area contributed by atoms with Crippen molar-refractivity contribution in [3.8, 4) is 5.75 Å². The first-order valence-electron chi connectivity index (χ1n) is 9.99. The van der Waals surface area contributed by atoms with E-state index in [1.807, 2.05) is 0 Å². The van der Waals surface area contributed by atoms with Gasteiger partial charge in [-0.3, -0.25) is 4.79 Å². The molecular formula is C21H19F3N2O2S. The monoisotopic (exact) mass is 420 g/mol. The Bertz CT molecular complexity index is 1190. The lowest BCUT2D eigenvalue weighted by atomic mass is 9.48. The molecule has 0 spiro atoms. The van der Waals surface area contributed by atoms with Crippen LogP contribution in [-0.2, 0) is 11.6 Å². The van der Waals surface area contributed by atoms with E-state index in [0.29, 0.717) is 38.9 Å². The molecule has 4 aliphatic rings. The summed E-state index contributed by atoms with van der Waals surface area (Å²) in [6, 6.07) is 2.29. The van der Waals surface area contributed by atoms with Crippen LogP contribution in [0.2, 0.25) is 0 Å². The van der Waals surface area contributed by atoms with E-state index in [2.05, 4.69) is 9.97 Å². The van der Waals surface area contributed by atoms with Crippen molar-refractivity contribution in [1.29, 1.82) is 0 Å². The van der Waals surface area contributed by atoms with Crippen molar-refractivity contribution in [2.24, 2.45) is 17.8 Å². The molecule has 0 aliphatic heterocycles. The highest BCUT2D eigenvalue weighted by atomic mass is 32.1. The molecule has 4 bridgehead atoms. The molecule has 29 heavy (non-hydrogen) atoms. The second-order valence-corrected chi connectivity index (χ2v) is 10.3. The highest BCUT2D eigenvalue weighted by Gasteiger charge is 2.53. The van der Waals surface area contributed by atoms with Crippen molar-refractivity contribution < 1.29 is 18.3 Å². The fraction of sp³-hybridized carbons (Fsp3) is 0.524. The maximum absolute atomic E-state index is 13.7. The summed E-state index contributed by atoms with van der Waals surface area (Å²) in [5, 5.41) is 10.8. The third kappa shape index (κ3) is 2.50. The van der Waals surface area contributed by atoms with Crippen LogP contribution in [0.4, 0.5) is 13.2 Å². The Morgan fingerprint density at radius 1 is 1.10 bits per heavy atom. The smallest absolute Gasteiger partial charge is 0.433 e. The number of hydrogen-bond acceptors (Lipinski definition) is 4. The van der Waals surface area contributed by atoms with Gasteiger partial charge < -0.3 is 10.1 Å². The van der Waals surface area contributed by atoms with E-state index >= 15 is 0 Å². The zero-order chi connectivity index (χ0) is 20.1. The lowest BCUT2D eigenvalue weighted by Crippen LogP contribution is -2.48. The number of rotatable bonds is 1. The predicted octanol–water partition coefficient (Wildman–Crippen LogP) is 5.33. The van der Waals surface area contributed by atoms with Crippen LogP contribution >= 0.6 is 11.3 Å². The fourth-order valence-corrected chi connectivity index (χ4v) is 7.82. The molecule has 0 aromatic carbocycles. The SMILES string of the molecule is O=c1cc(O)c2sc3nc(C(F)(F)F)cc(C45CC6CC(CC(C6)C4)C5)c3c2[nH]1. The summed E-state index contributed by atoms with van der Waals surface area (Å²) in [4.78, 5) is 18.9. The number of fused-ring (bicyclic) bond motifs is 3. The summed E-state index contributed by atoms with van der Waals surface area (Å²) in [5.41, 5.74) is -0.565. The minimum Gasteiger partial charge on any atom is -0.506 e. The quantitative estimate of drug-likeness (QED) is 0.559. The first-order chi connectivity index (χ1) is 13.7. The van der Waals surface area contributed by atoms with Gasteiger partial charge in [-0.1, -0.05) is 0 Å². The van der Waals surface area contributed by atoms with Crippen LogP contribution < -0.4 is 5.56 Å². The van der Waals surface area contributed by atoms with Gasteiger partial charge in [0.25, 0.3) is 5.56 Å². The number of halogens is 3. The first-order valence-corrected chi connectivity index (χ1v) is 10.8. The zero-order valence-corrected chi connectivity index (χ0v) is 16.3. The molecule has 3 aromatic rings. The summed E-state index contributed by atoms with van der Waals surface area (Å²) >= 11 is 1.01. The third-order valence-electron chi connectivity index (χ3n) is 7.31. The van der Waals surface area contributed by atoms with Gasteiger partial charge in [0.2, 0.25) is 0 Å². The van der Waals surface area contributed by atoms with Gasteiger partial charge in [0.05, 0.1) is 10.2 Å². The van der Waals surface area contributed by atoms with Gasteiger partial charge in [-0.25, -0.2) is 4.98 Å². The van der Waals surface area contributed by atoms with E-state index in [4.69, 9.17) is 0 Å². The van der Waals surface area contributed by atoms with Crippen molar-refractivity contribution in [3.63, 3.8) is 0 Å². The Hall–Kier alpha value is -2.09. The van der Waals surface area contributed by atoms with Crippen molar-refractivity contribution in [2.45, 2.75) is 50.1 Å². The molecule has 0 atom stereocenters. The van der Waals surface area contributed by atoms with Crippen LogP contribution in [0.3, 0.4) is 0 Å². The van der Waals surface area contributed by atoms with Crippen molar-refractivity contribution in [3.05, 3.63) is 33.7 Å². The Balaban J connectivity index is 1.71.